The van der Waals surface area contributed by atoms with Crippen molar-refractivity contribution in [1.82, 2.24) is 9.47 Å². The Morgan fingerprint density at radius 1 is 1.03 bits per heavy atom. The summed E-state index contributed by atoms with van der Waals surface area (Å²) < 4.78 is 11.5. The standard InChI is InChI=1S/C22H19N3O7/c1-24-20(28)14-9-8-13(11-15(14)21(24)29)23-18(26)12-31-19(27)7-4-10-25-16-5-2-3-6-17(16)32-22(25)30/h2-3,5-6,8-9,11H,4,7,10,12H2,1H3,(H,23,26). The van der Waals surface area contributed by atoms with E-state index in [-0.39, 0.29) is 24.1 Å². The summed E-state index contributed by atoms with van der Waals surface area (Å²) in [7, 11) is 1.38. The van der Waals surface area contributed by atoms with Gasteiger partial charge in [0.05, 0.1) is 16.6 Å². The predicted molar refractivity (Wildman–Crippen MR) is 112 cm³/mol. The second kappa shape index (κ2) is 8.50. The number of amides is 3. The largest absolute Gasteiger partial charge is 0.456 e. The lowest BCUT2D eigenvalue weighted by Gasteiger charge is -2.08. The van der Waals surface area contributed by atoms with Gasteiger partial charge in [-0.1, -0.05) is 12.1 Å². The number of aromatic nitrogens is 1. The lowest BCUT2D eigenvalue weighted by Crippen LogP contribution is -2.24. The molecule has 0 spiro atoms. The highest BCUT2D eigenvalue weighted by molar-refractivity contribution is 6.21. The highest BCUT2D eigenvalue weighted by Gasteiger charge is 2.32. The van der Waals surface area contributed by atoms with Gasteiger partial charge in [0.2, 0.25) is 0 Å². The Morgan fingerprint density at radius 2 is 1.78 bits per heavy atom. The number of esters is 1. The van der Waals surface area contributed by atoms with Crippen LogP contribution in [-0.2, 0) is 20.9 Å². The number of hydrogen-bond donors (Lipinski definition) is 1. The minimum Gasteiger partial charge on any atom is -0.456 e. The Bertz CT molecular complexity index is 1300. The van der Waals surface area contributed by atoms with Gasteiger partial charge >= 0.3 is 11.7 Å². The van der Waals surface area contributed by atoms with Crippen molar-refractivity contribution in [3.05, 3.63) is 64.1 Å². The maximum Gasteiger partial charge on any atom is 0.419 e. The van der Waals surface area contributed by atoms with Crippen LogP contribution in [0.1, 0.15) is 33.6 Å². The molecular weight excluding hydrogens is 418 g/mol. The van der Waals surface area contributed by atoms with Gasteiger partial charge in [0.25, 0.3) is 17.7 Å². The molecule has 1 aromatic heterocycles. The van der Waals surface area contributed by atoms with Gasteiger partial charge in [-0.15, -0.1) is 0 Å². The van der Waals surface area contributed by atoms with Crippen molar-refractivity contribution < 1.29 is 28.3 Å². The highest BCUT2D eigenvalue weighted by atomic mass is 16.5. The van der Waals surface area contributed by atoms with Crippen LogP contribution in [0.3, 0.4) is 0 Å². The summed E-state index contributed by atoms with van der Waals surface area (Å²) in [5.41, 5.74) is 1.90. The number of anilines is 1. The molecule has 0 aliphatic carbocycles. The number of benzene rings is 2. The molecule has 3 amide bonds. The van der Waals surface area contributed by atoms with Crippen LogP contribution in [0.2, 0.25) is 0 Å². The molecule has 0 unspecified atom stereocenters. The molecule has 0 atom stereocenters. The van der Waals surface area contributed by atoms with Crippen molar-refractivity contribution >= 4 is 40.5 Å². The number of hydrogen-bond acceptors (Lipinski definition) is 7. The fraction of sp³-hybridized carbons (Fsp3) is 0.227. The van der Waals surface area contributed by atoms with E-state index in [1.54, 1.807) is 24.3 Å². The topological polar surface area (TPSA) is 128 Å². The fourth-order valence-electron chi connectivity index (χ4n) is 3.46. The first-order chi connectivity index (χ1) is 15.3. The van der Waals surface area contributed by atoms with Gasteiger partial charge in [-0.05, 0) is 36.8 Å². The highest BCUT2D eigenvalue weighted by Crippen LogP contribution is 2.24. The van der Waals surface area contributed by atoms with Crippen molar-refractivity contribution in [3.63, 3.8) is 0 Å². The van der Waals surface area contributed by atoms with Crippen LogP contribution >= 0.6 is 0 Å². The molecule has 0 radical (unpaired) electrons. The quantitative estimate of drug-likeness (QED) is 0.441. The van der Waals surface area contributed by atoms with Crippen molar-refractivity contribution in [1.29, 1.82) is 0 Å². The van der Waals surface area contributed by atoms with Crippen LogP contribution in [0, 0.1) is 0 Å². The van der Waals surface area contributed by atoms with Gasteiger partial charge in [0.15, 0.2) is 12.2 Å². The maximum atomic E-state index is 12.1. The van der Waals surface area contributed by atoms with Gasteiger partial charge in [-0.25, -0.2) is 4.79 Å². The minimum absolute atomic E-state index is 0.0149. The summed E-state index contributed by atoms with van der Waals surface area (Å²) in [6, 6.07) is 11.4. The van der Waals surface area contributed by atoms with E-state index in [0.717, 1.165) is 4.90 Å². The zero-order valence-electron chi connectivity index (χ0n) is 17.1. The lowest BCUT2D eigenvalue weighted by molar-refractivity contribution is -0.147. The molecule has 10 heteroatoms. The number of imide groups is 1. The number of rotatable bonds is 7. The van der Waals surface area contributed by atoms with Crippen LogP contribution in [-0.4, -0.2) is 46.8 Å². The average molecular weight is 437 g/mol. The number of aryl methyl sites for hydroxylation is 1. The van der Waals surface area contributed by atoms with Crippen molar-refractivity contribution in [2.75, 3.05) is 19.0 Å². The van der Waals surface area contributed by atoms with Crippen LogP contribution in [0.15, 0.2) is 51.7 Å². The molecule has 0 bridgehead atoms. The number of nitrogens with zero attached hydrogens (tertiary/aromatic N) is 2. The van der Waals surface area contributed by atoms with E-state index in [4.69, 9.17) is 9.15 Å². The summed E-state index contributed by atoms with van der Waals surface area (Å²) >= 11 is 0. The Labute approximate surface area is 181 Å². The molecular formula is C22H19N3O7. The Balaban J connectivity index is 1.25. The third-order valence-corrected chi connectivity index (χ3v) is 5.07. The molecule has 1 N–H and O–H groups in total. The Morgan fingerprint density at radius 3 is 2.59 bits per heavy atom. The Kier molecular flexibility index (Phi) is 5.59. The van der Waals surface area contributed by atoms with Gasteiger partial charge < -0.3 is 14.5 Å². The van der Waals surface area contributed by atoms with Crippen molar-refractivity contribution in [2.24, 2.45) is 0 Å². The molecule has 4 rings (SSSR count). The molecule has 164 valence electrons. The first-order valence-corrected chi connectivity index (χ1v) is 9.85. The number of nitrogens with one attached hydrogen (secondary N) is 1. The summed E-state index contributed by atoms with van der Waals surface area (Å²) in [5, 5.41) is 2.53. The second-order valence-electron chi connectivity index (χ2n) is 7.23. The molecule has 2 heterocycles. The molecule has 0 saturated heterocycles. The number of carbonyl (C=O) groups excluding carboxylic acids is 4. The van der Waals surface area contributed by atoms with Gasteiger partial charge in [0, 0.05) is 25.7 Å². The minimum atomic E-state index is -0.586. The molecule has 10 nitrogen and oxygen atoms in total. The zero-order chi connectivity index (χ0) is 22.8. The van der Waals surface area contributed by atoms with Crippen molar-refractivity contribution in [3.8, 4) is 0 Å². The Hall–Kier alpha value is -4.21. The van der Waals surface area contributed by atoms with Crippen molar-refractivity contribution in [2.45, 2.75) is 19.4 Å². The van der Waals surface area contributed by atoms with E-state index in [9.17, 15) is 24.0 Å². The maximum absolute atomic E-state index is 12.1. The monoisotopic (exact) mass is 437 g/mol. The average Bonchev–Trinajstić information content (AvgIpc) is 3.21. The van der Waals surface area contributed by atoms with E-state index < -0.39 is 36.1 Å². The van der Waals surface area contributed by atoms with E-state index in [2.05, 4.69) is 5.32 Å². The van der Waals surface area contributed by atoms with Crippen LogP contribution in [0.5, 0.6) is 0 Å². The van der Waals surface area contributed by atoms with Crippen LogP contribution in [0.4, 0.5) is 5.69 Å². The van der Waals surface area contributed by atoms with E-state index in [0.29, 0.717) is 23.2 Å². The molecule has 1 aliphatic heterocycles. The smallest absolute Gasteiger partial charge is 0.419 e. The second-order valence-corrected chi connectivity index (χ2v) is 7.23. The molecule has 0 fully saturated rings. The summed E-state index contributed by atoms with van der Waals surface area (Å²) in [4.78, 5) is 60.9. The fourth-order valence-corrected chi connectivity index (χ4v) is 3.46. The number of carbonyl (C=O) groups is 4. The lowest BCUT2D eigenvalue weighted by atomic mass is 10.1. The summed E-state index contributed by atoms with van der Waals surface area (Å²) in [6.07, 6.45) is 0.347. The SMILES string of the molecule is CN1C(=O)c2ccc(NC(=O)COC(=O)CCCn3c(=O)oc4ccccc43)cc2C1=O. The van der Waals surface area contributed by atoms with E-state index in [1.165, 1.54) is 29.8 Å². The number of oxazole rings is 1. The molecule has 32 heavy (non-hydrogen) atoms. The number of ether oxygens (including phenoxy) is 1. The van der Waals surface area contributed by atoms with E-state index in [1.807, 2.05) is 0 Å². The normalized spacial score (nSPS) is 12.8. The number of fused-ring (bicyclic) bond motifs is 2. The van der Waals surface area contributed by atoms with Crippen LogP contribution in [0.25, 0.3) is 11.1 Å². The number of para-hydroxylation sites is 2. The summed E-state index contributed by atoms with van der Waals surface area (Å²) in [5.74, 6) is -2.52. The summed E-state index contributed by atoms with van der Waals surface area (Å²) in [6.45, 7) is -0.231. The molecule has 2 aromatic carbocycles. The third-order valence-electron chi connectivity index (χ3n) is 5.07. The predicted octanol–water partition coefficient (Wildman–Crippen LogP) is 1.78. The van der Waals surface area contributed by atoms with Gasteiger partial charge in [0.1, 0.15) is 0 Å². The molecule has 3 aromatic rings. The van der Waals surface area contributed by atoms with Gasteiger partial charge in [-0.3, -0.25) is 28.6 Å². The first-order valence-electron chi connectivity index (χ1n) is 9.85. The van der Waals surface area contributed by atoms with Crippen LogP contribution < -0.4 is 11.1 Å². The zero-order valence-corrected chi connectivity index (χ0v) is 17.1. The van der Waals surface area contributed by atoms with E-state index >= 15 is 0 Å². The van der Waals surface area contributed by atoms with Gasteiger partial charge in [-0.2, -0.15) is 0 Å². The molecule has 0 saturated carbocycles. The third kappa shape index (κ3) is 4.02. The molecule has 1 aliphatic rings. The first kappa shape index (κ1) is 21.0.